The number of ether oxygens (including phenoxy) is 1. The van der Waals surface area contributed by atoms with Crippen molar-refractivity contribution in [3.05, 3.63) is 59.7 Å². The quantitative estimate of drug-likeness (QED) is 0.453. The monoisotopic (exact) mass is 340 g/mol. The minimum Gasteiger partial charge on any atom is -0.486 e. The van der Waals surface area contributed by atoms with Crippen LogP contribution in [0.5, 0.6) is 5.75 Å². The van der Waals surface area contributed by atoms with Crippen LogP contribution in [0.25, 0.3) is 0 Å². The molecule has 0 aliphatic heterocycles. The molecule has 0 saturated heterocycles. The highest BCUT2D eigenvalue weighted by Gasteiger charge is 2.36. The van der Waals surface area contributed by atoms with Crippen LogP contribution < -0.4 is 26.9 Å². The van der Waals surface area contributed by atoms with Crippen LogP contribution in [0.1, 0.15) is 11.1 Å². The van der Waals surface area contributed by atoms with Crippen molar-refractivity contribution in [2.45, 2.75) is 12.8 Å². The highest BCUT2D eigenvalue weighted by molar-refractivity contribution is 5.92. The van der Waals surface area contributed by atoms with Gasteiger partial charge in [-0.3, -0.25) is 5.43 Å². The van der Waals surface area contributed by atoms with Gasteiger partial charge in [-0.2, -0.15) is 13.2 Å². The number of carbonyl (C=O) groups is 1. The van der Waals surface area contributed by atoms with Gasteiger partial charge in [0, 0.05) is 0 Å². The lowest BCUT2D eigenvalue weighted by Crippen LogP contribution is -2.47. The molecule has 0 saturated carbocycles. The van der Waals surface area contributed by atoms with Crippen molar-refractivity contribution in [2.24, 2.45) is 11.7 Å². The second kappa shape index (κ2) is 7.20. The first kappa shape index (κ1) is 17.6. The number of urea groups is 1. The lowest BCUT2D eigenvalue weighted by molar-refractivity contribution is -0.139. The largest absolute Gasteiger partial charge is 0.486 e. The van der Waals surface area contributed by atoms with Gasteiger partial charge in [-0.15, -0.1) is 0 Å². The van der Waals surface area contributed by atoms with Gasteiger partial charge in [-0.1, -0.05) is 36.4 Å². The zero-order valence-corrected chi connectivity index (χ0v) is 12.4. The van der Waals surface area contributed by atoms with E-state index < -0.39 is 23.5 Å². The summed E-state index contributed by atoms with van der Waals surface area (Å²) in [6, 6.07) is 10.8. The van der Waals surface area contributed by atoms with E-state index in [1.165, 1.54) is 6.07 Å². The molecule has 6 nitrogen and oxygen atoms in total. The molecule has 0 aliphatic rings. The summed E-state index contributed by atoms with van der Waals surface area (Å²) in [7, 11) is 0. The number of amides is 2. The number of para-hydroxylation sites is 1. The normalized spacial score (nSPS) is 11.0. The molecule has 2 amide bonds. The number of anilines is 1. The molecule has 0 aliphatic carbocycles. The van der Waals surface area contributed by atoms with Gasteiger partial charge in [-0.25, -0.2) is 21.5 Å². The fraction of sp³-hybridized carbons (Fsp3) is 0.133. The first-order valence-electron chi connectivity index (χ1n) is 6.77. The van der Waals surface area contributed by atoms with Crippen molar-refractivity contribution < 1.29 is 22.7 Å². The van der Waals surface area contributed by atoms with E-state index in [0.29, 0.717) is 10.6 Å². The highest BCUT2D eigenvalue weighted by atomic mass is 19.4. The van der Waals surface area contributed by atoms with Crippen molar-refractivity contribution in [2.75, 3.05) is 5.01 Å². The molecule has 2 aromatic carbocycles. The fourth-order valence-electron chi connectivity index (χ4n) is 2.00. The maximum atomic E-state index is 13.2. The van der Waals surface area contributed by atoms with Crippen LogP contribution in [-0.2, 0) is 12.8 Å². The molecule has 0 unspecified atom stereocenters. The molecule has 2 aromatic rings. The van der Waals surface area contributed by atoms with Crippen LogP contribution in [-0.4, -0.2) is 6.03 Å². The number of halogens is 3. The average Bonchev–Trinajstić information content (AvgIpc) is 2.58. The summed E-state index contributed by atoms with van der Waals surface area (Å²) < 4.78 is 45.0. The van der Waals surface area contributed by atoms with Crippen LogP contribution in [0.3, 0.4) is 0 Å². The molecule has 128 valence electrons. The number of benzene rings is 2. The molecule has 0 bridgehead atoms. The van der Waals surface area contributed by atoms with Crippen molar-refractivity contribution in [1.82, 2.24) is 5.43 Å². The highest BCUT2D eigenvalue weighted by Crippen LogP contribution is 2.41. The second-order valence-corrected chi connectivity index (χ2v) is 4.75. The molecule has 0 radical (unpaired) electrons. The lowest BCUT2D eigenvalue weighted by Gasteiger charge is -2.22. The Bertz CT molecular complexity index is 708. The zero-order chi connectivity index (χ0) is 17.7. The van der Waals surface area contributed by atoms with Gasteiger partial charge in [0.1, 0.15) is 12.3 Å². The Morgan fingerprint density at radius 1 is 1.12 bits per heavy atom. The summed E-state index contributed by atoms with van der Waals surface area (Å²) in [6.07, 6.45) is -4.68. The number of nitrogens with zero attached hydrogens (tertiary/aromatic N) is 1. The van der Waals surface area contributed by atoms with E-state index in [0.717, 1.165) is 12.1 Å². The number of carbonyl (C=O) groups excluding carboxylic acids is 1. The van der Waals surface area contributed by atoms with E-state index in [-0.39, 0.29) is 12.3 Å². The topological polar surface area (TPSA) is 93.6 Å². The van der Waals surface area contributed by atoms with Crippen molar-refractivity contribution >= 4 is 11.7 Å². The van der Waals surface area contributed by atoms with Crippen molar-refractivity contribution in [3.8, 4) is 5.75 Å². The first-order chi connectivity index (χ1) is 11.3. The van der Waals surface area contributed by atoms with E-state index in [1.54, 1.807) is 35.8 Å². The maximum absolute atomic E-state index is 13.2. The summed E-state index contributed by atoms with van der Waals surface area (Å²) in [5.74, 6) is 9.93. The summed E-state index contributed by atoms with van der Waals surface area (Å²) >= 11 is 0. The molecule has 0 spiro atoms. The number of nitrogens with one attached hydrogen (secondary N) is 1. The van der Waals surface area contributed by atoms with Gasteiger partial charge in [0.2, 0.25) is 0 Å². The Labute approximate surface area is 135 Å². The second-order valence-electron chi connectivity index (χ2n) is 4.75. The molecular formula is C15H15F3N4O2. The van der Waals surface area contributed by atoms with Gasteiger partial charge in [-0.05, 0) is 17.7 Å². The Kier molecular flexibility index (Phi) is 5.27. The standard InChI is InChI=1S/C15H15F3N4O2/c16-15(17,18)11-7-4-8-12(22(20)14(23)21-19)13(11)24-9-10-5-2-1-3-6-10/h1-8H,9,19-20H2,(H,21,23). The Balaban J connectivity index is 2.42. The number of hydrogen-bond donors (Lipinski definition) is 3. The third kappa shape index (κ3) is 3.94. The summed E-state index contributed by atoms with van der Waals surface area (Å²) in [5, 5.41) is 0.454. The van der Waals surface area contributed by atoms with E-state index >= 15 is 0 Å². The minimum absolute atomic E-state index is 0.126. The van der Waals surface area contributed by atoms with Crippen molar-refractivity contribution in [3.63, 3.8) is 0 Å². The summed E-state index contributed by atoms with van der Waals surface area (Å²) in [6.45, 7) is -0.126. The fourth-order valence-corrected chi connectivity index (χ4v) is 2.00. The van der Waals surface area contributed by atoms with E-state index in [9.17, 15) is 18.0 Å². The maximum Gasteiger partial charge on any atom is 0.420 e. The van der Waals surface area contributed by atoms with Crippen molar-refractivity contribution in [1.29, 1.82) is 0 Å². The third-order valence-corrected chi connectivity index (χ3v) is 3.13. The Hall–Kier alpha value is -2.78. The smallest absolute Gasteiger partial charge is 0.420 e. The van der Waals surface area contributed by atoms with Gasteiger partial charge in [0.25, 0.3) is 0 Å². The average molecular weight is 340 g/mol. The molecule has 5 N–H and O–H groups in total. The summed E-state index contributed by atoms with van der Waals surface area (Å²) in [5.41, 5.74) is 1.10. The number of hydrazine groups is 2. The van der Waals surface area contributed by atoms with Gasteiger partial charge in [0.05, 0.1) is 5.56 Å². The molecule has 0 heterocycles. The number of rotatable bonds is 4. The van der Waals surface area contributed by atoms with Crippen LogP contribution in [0, 0.1) is 0 Å². The van der Waals surface area contributed by atoms with Crippen LogP contribution >= 0.6 is 0 Å². The zero-order valence-electron chi connectivity index (χ0n) is 12.4. The third-order valence-electron chi connectivity index (χ3n) is 3.13. The summed E-state index contributed by atoms with van der Waals surface area (Å²) in [4.78, 5) is 11.5. The van der Waals surface area contributed by atoms with E-state index in [1.807, 2.05) is 0 Å². The molecule has 0 fully saturated rings. The Morgan fingerprint density at radius 3 is 2.38 bits per heavy atom. The van der Waals surface area contributed by atoms with E-state index in [4.69, 9.17) is 16.4 Å². The lowest BCUT2D eigenvalue weighted by atomic mass is 10.1. The molecule has 0 aromatic heterocycles. The molecular weight excluding hydrogens is 325 g/mol. The molecule has 9 heteroatoms. The molecule has 0 atom stereocenters. The van der Waals surface area contributed by atoms with Crippen LogP contribution in [0.4, 0.5) is 23.7 Å². The molecule has 2 rings (SSSR count). The molecule has 24 heavy (non-hydrogen) atoms. The number of hydrogen-bond acceptors (Lipinski definition) is 4. The SMILES string of the molecule is NNC(=O)N(N)c1cccc(C(F)(F)F)c1OCc1ccccc1. The van der Waals surface area contributed by atoms with E-state index in [2.05, 4.69) is 0 Å². The predicted octanol–water partition coefficient (Wildman–Crippen LogP) is 2.55. The Morgan fingerprint density at radius 2 is 1.79 bits per heavy atom. The van der Waals surface area contributed by atoms with Gasteiger partial charge >= 0.3 is 12.2 Å². The van der Waals surface area contributed by atoms with Crippen LogP contribution in [0.15, 0.2) is 48.5 Å². The number of nitrogens with two attached hydrogens (primary N) is 2. The predicted molar refractivity (Wildman–Crippen MR) is 81.6 cm³/mol. The van der Waals surface area contributed by atoms with Gasteiger partial charge < -0.3 is 4.74 Å². The first-order valence-corrected chi connectivity index (χ1v) is 6.77. The minimum atomic E-state index is -4.68. The van der Waals surface area contributed by atoms with Gasteiger partial charge in [0.15, 0.2) is 5.75 Å². The van der Waals surface area contributed by atoms with Crippen LogP contribution in [0.2, 0.25) is 0 Å². The number of alkyl halides is 3.